The molecule has 4 bridgehead atoms. The van der Waals surface area contributed by atoms with Gasteiger partial charge in [-0.15, -0.1) is 0 Å². The smallest absolute Gasteiger partial charge is 0.132 e. The van der Waals surface area contributed by atoms with Gasteiger partial charge in [-0.3, -0.25) is 4.90 Å². The Morgan fingerprint density at radius 3 is 2.06 bits per heavy atom. The first kappa shape index (κ1) is 22.5. The van der Waals surface area contributed by atoms with E-state index < -0.39 is 0 Å². The molecule has 0 amide bonds. The Hall–Kier alpha value is -2.72. The molecule has 4 nitrogen and oxygen atoms in total. The standard InChI is InChI=1S/C32H38N4/c1-3-7-26(8-4-1)29(27-9-5-2-6-10-27)19-36-12-11-28-30(20-36)34-22-35-31(28)33-21-32-16-23-13-24(17-32)15-25(14-23)18-32/h1-10,22-25,29H,11-21H2,(H,33,34,35). The van der Waals surface area contributed by atoms with Crippen LogP contribution in [-0.2, 0) is 13.0 Å². The van der Waals surface area contributed by atoms with Crippen LogP contribution < -0.4 is 5.32 Å². The lowest BCUT2D eigenvalue weighted by Crippen LogP contribution is -2.49. The Morgan fingerprint density at radius 1 is 0.833 bits per heavy atom. The largest absolute Gasteiger partial charge is 0.369 e. The molecular formula is C32H38N4. The van der Waals surface area contributed by atoms with E-state index >= 15 is 0 Å². The maximum Gasteiger partial charge on any atom is 0.132 e. The van der Waals surface area contributed by atoms with Crippen molar-refractivity contribution in [3.05, 3.63) is 89.4 Å². The van der Waals surface area contributed by atoms with Gasteiger partial charge in [-0.25, -0.2) is 9.97 Å². The summed E-state index contributed by atoms with van der Waals surface area (Å²) in [5, 5.41) is 3.87. The first-order valence-corrected chi connectivity index (χ1v) is 14.1. The van der Waals surface area contributed by atoms with Gasteiger partial charge in [-0.2, -0.15) is 0 Å². The van der Waals surface area contributed by atoms with Gasteiger partial charge in [0.15, 0.2) is 0 Å². The average molecular weight is 479 g/mol. The van der Waals surface area contributed by atoms with Gasteiger partial charge in [0, 0.05) is 37.7 Å². The molecule has 1 N–H and O–H groups in total. The van der Waals surface area contributed by atoms with Gasteiger partial charge < -0.3 is 5.32 Å². The van der Waals surface area contributed by atoms with E-state index in [2.05, 4.69) is 70.9 Å². The van der Waals surface area contributed by atoms with Crippen molar-refractivity contribution in [1.29, 1.82) is 0 Å². The van der Waals surface area contributed by atoms with Gasteiger partial charge in [-0.1, -0.05) is 60.7 Å². The first-order valence-electron chi connectivity index (χ1n) is 14.1. The van der Waals surface area contributed by atoms with Crippen LogP contribution in [-0.4, -0.2) is 34.5 Å². The number of hydrogen-bond donors (Lipinski definition) is 1. The van der Waals surface area contributed by atoms with Crippen molar-refractivity contribution in [3.8, 4) is 0 Å². The predicted molar refractivity (Wildman–Crippen MR) is 145 cm³/mol. The Bertz CT molecular complexity index is 1120. The summed E-state index contributed by atoms with van der Waals surface area (Å²) >= 11 is 0. The van der Waals surface area contributed by atoms with Gasteiger partial charge in [0.2, 0.25) is 0 Å². The number of hydrogen-bond acceptors (Lipinski definition) is 4. The molecule has 2 heterocycles. The van der Waals surface area contributed by atoms with Crippen LogP contribution in [0.3, 0.4) is 0 Å². The third-order valence-corrected chi connectivity index (χ3v) is 9.73. The van der Waals surface area contributed by atoms with Crippen LogP contribution >= 0.6 is 0 Å². The number of benzene rings is 2. The number of anilines is 1. The van der Waals surface area contributed by atoms with Crippen molar-refractivity contribution < 1.29 is 0 Å². The van der Waals surface area contributed by atoms with E-state index in [4.69, 9.17) is 9.97 Å². The SMILES string of the molecule is c1ccc(C(CN2CCc3c(ncnc3NCC34CC5CC(CC(C5)C3)C4)C2)c2ccccc2)cc1. The number of rotatable bonds is 7. The number of nitrogens with zero attached hydrogens (tertiary/aromatic N) is 3. The number of nitrogens with one attached hydrogen (secondary N) is 1. The molecule has 4 saturated carbocycles. The second kappa shape index (κ2) is 9.30. The van der Waals surface area contributed by atoms with Gasteiger partial charge >= 0.3 is 0 Å². The molecule has 4 fully saturated rings. The Balaban J connectivity index is 1.06. The minimum absolute atomic E-state index is 0.365. The highest BCUT2D eigenvalue weighted by molar-refractivity contribution is 5.47. The molecule has 0 unspecified atom stereocenters. The fraction of sp³-hybridized carbons (Fsp3) is 0.500. The van der Waals surface area contributed by atoms with Crippen LogP contribution in [0.5, 0.6) is 0 Å². The van der Waals surface area contributed by atoms with E-state index in [9.17, 15) is 0 Å². The normalized spacial score (nSPS) is 28.9. The number of fused-ring (bicyclic) bond motifs is 1. The number of aromatic nitrogens is 2. The molecule has 8 rings (SSSR count). The lowest BCUT2D eigenvalue weighted by molar-refractivity contribution is -0.0444. The molecule has 186 valence electrons. The van der Waals surface area contributed by atoms with Crippen LogP contribution in [0.25, 0.3) is 0 Å². The summed E-state index contributed by atoms with van der Waals surface area (Å²) in [4.78, 5) is 12.1. The molecule has 5 aliphatic rings. The summed E-state index contributed by atoms with van der Waals surface area (Å²) in [6, 6.07) is 21.9. The Kier molecular flexibility index (Phi) is 5.81. The van der Waals surface area contributed by atoms with Crippen molar-refractivity contribution in [2.45, 2.75) is 57.4 Å². The molecule has 0 saturated heterocycles. The van der Waals surface area contributed by atoms with Crippen LogP contribution in [0.4, 0.5) is 5.82 Å². The average Bonchev–Trinajstić information content (AvgIpc) is 2.91. The van der Waals surface area contributed by atoms with Gasteiger partial charge in [0.25, 0.3) is 0 Å². The quantitative estimate of drug-likeness (QED) is 0.433. The highest BCUT2D eigenvalue weighted by Gasteiger charge is 2.50. The molecule has 0 radical (unpaired) electrons. The van der Waals surface area contributed by atoms with Crippen LogP contribution in [0, 0.1) is 23.2 Å². The maximum absolute atomic E-state index is 4.76. The van der Waals surface area contributed by atoms with Crippen molar-refractivity contribution >= 4 is 5.82 Å². The summed E-state index contributed by atoms with van der Waals surface area (Å²) < 4.78 is 0. The Morgan fingerprint density at radius 2 is 1.44 bits per heavy atom. The molecule has 0 spiro atoms. The second-order valence-corrected chi connectivity index (χ2v) is 12.3. The first-order chi connectivity index (χ1) is 17.7. The Labute approximate surface area is 215 Å². The van der Waals surface area contributed by atoms with E-state index in [1.54, 1.807) is 6.33 Å². The predicted octanol–water partition coefficient (Wildman–Crippen LogP) is 6.30. The highest BCUT2D eigenvalue weighted by atomic mass is 15.2. The highest BCUT2D eigenvalue weighted by Crippen LogP contribution is 2.60. The zero-order valence-corrected chi connectivity index (χ0v) is 21.3. The molecule has 0 atom stereocenters. The lowest BCUT2D eigenvalue weighted by atomic mass is 9.49. The van der Waals surface area contributed by atoms with E-state index in [1.165, 1.54) is 60.9 Å². The second-order valence-electron chi connectivity index (χ2n) is 12.3. The summed E-state index contributed by atoms with van der Waals surface area (Å²) in [6.07, 6.45) is 11.6. The topological polar surface area (TPSA) is 41.1 Å². The molecule has 1 aliphatic heterocycles. The van der Waals surface area contributed by atoms with Gasteiger partial charge in [0.05, 0.1) is 5.69 Å². The maximum atomic E-state index is 4.76. The minimum atomic E-state index is 0.365. The molecular weight excluding hydrogens is 440 g/mol. The van der Waals surface area contributed by atoms with Crippen molar-refractivity contribution in [3.63, 3.8) is 0 Å². The van der Waals surface area contributed by atoms with Crippen LogP contribution in [0.2, 0.25) is 0 Å². The summed E-state index contributed by atoms with van der Waals surface area (Å²) in [7, 11) is 0. The lowest BCUT2D eigenvalue weighted by Gasteiger charge is -2.57. The molecule has 4 heteroatoms. The molecule has 3 aromatic rings. The van der Waals surface area contributed by atoms with Gasteiger partial charge in [0.1, 0.15) is 12.1 Å². The van der Waals surface area contributed by atoms with Crippen molar-refractivity contribution in [1.82, 2.24) is 14.9 Å². The van der Waals surface area contributed by atoms with Gasteiger partial charge in [-0.05, 0) is 79.2 Å². The zero-order valence-electron chi connectivity index (χ0n) is 21.3. The van der Waals surface area contributed by atoms with E-state index in [-0.39, 0.29) is 0 Å². The monoisotopic (exact) mass is 478 g/mol. The minimum Gasteiger partial charge on any atom is -0.369 e. The van der Waals surface area contributed by atoms with E-state index in [0.717, 1.165) is 56.2 Å². The summed E-state index contributed by atoms with van der Waals surface area (Å²) in [6.45, 7) is 4.07. The summed E-state index contributed by atoms with van der Waals surface area (Å²) in [5.74, 6) is 4.46. The van der Waals surface area contributed by atoms with Crippen LogP contribution in [0.15, 0.2) is 67.0 Å². The van der Waals surface area contributed by atoms with Crippen molar-refractivity contribution in [2.75, 3.05) is 25.0 Å². The van der Waals surface area contributed by atoms with E-state index in [1.807, 2.05) is 0 Å². The van der Waals surface area contributed by atoms with Crippen molar-refractivity contribution in [2.24, 2.45) is 23.2 Å². The fourth-order valence-corrected chi connectivity index (χ4v) is 8.53. The molecule has 1 aromatic heterocycles. The molecule has 2 aromatic carbocycles. The molecule has 36 heavy (non-hydrogen) atoms. The van der Waals surface area contributed by atoms with Crippen LogP contribution in [0.1, 0.15) is 66.8 Å². The summed E-state index contributed by atoms with van der Waals surface area (Å²) in [5.41, 5.74) is 5.86. The zero-order chi connectivity index (χ0) is 24.0. The van der Waals surface area contributed by atoms with E-state index in [0.29, 0.717) is 11.3 Å². The third-order valence-electron chi connectivity index (χ3n) is 9.73. The third kappa shape index (κ3) is 4.34. The fourth-order valence-electron chi connectivity index (χ4n) is 8.53. The molecule has 4 aliphatic carbocycles.